The van der Waals surface area contributed by atoms with E-state index in [2.05, 4.69) is 20.8 Å². The number of allylic oxidation sites excluding steroid dienone is 2. The summed E-state index contributed by atoms with van der Waals surface area (Å²) in [5.41, 5.74) is 1.90. The van der Waals surface area contributed by atoms with Gasteiger partial charge in [-0.3, -0.25) is 4.79 Å². The molecule has 3 rings (SSSR count). The Labute approximate surface area is 110 Å². The van der Waals surface area contributed by atoms with Gasteiger partial charge in [0.15, 0.2) is 0 Å². The number of ether oxygens (including phenoxy) is 1. The maximum Gasteiger partial charge on any atom is 0.142 e. The molecule has 100 valence electrons. The van der Waals surface area contributed by atoms with Crippen LogP contribution in [0.4, 0.5) is 0 Å². The SMILES string of the molecule is C/C(=C/C=O)[C@H]1CC[C@@]2(C)C[C@H]3O[C@@]3(C)CC[C@H]12. The second kappa shape index (κ2) is 3.93. The van der Waals surface area contributed by atoms with Gasteiger partial charge in [0.1, 0.15) is 6.29 Å². The van der Waals surface area contributed by atoms with Crippen LogP contribution in [0.5, 0.6) is 0 Å². The highest BCUT2D eigenvalue weighted by molar-refractivity contribution is 5.66. The fourth-order valence-electron chi connectivity index (χ4n) is 4.57. The number of rotatable bonds is 2. The van der Waals surface area contributed by atoms with Crippen LogP contribution in [0.1, 0.15) is 52.9 Å². The van der Waals surface area contributed by atoms with Crippen LogP contribution in [0.15, 0.2) is 11.6 Å². The van der Waals surface area contributed by atoms with Gasteiger partial charge in [-0.2, -0.15) is 0 Å². The molecule has 3 fully saturated rings. The Hall–Kier alpha value is -0.630. The Kier molecular flexibility index (Phi) is 2.71. The summed E-state index contributed by atoms with van der Waals surface area (Å²) in [7, 11) is 0. The minimum Gasteiger partial charge on any atom is -0.366 e. The molecule has 3 aliphatic rings. The number of epoxide rings is 1. The normalized spacial score (nSPS) is 51.3. The van der Waals surface area contributed by atoms with Crippen molar-refractivity contribution in [3.05, 3.63) is 11.6 Å². The van der Waals surface area contributed by atoms with Crippen molar-refractivity contribution in [2.24, 2.45) is 17.3 Å². The molecule has 2 nitrogen and oxygen atoms in total. The molecule has 1 heterocycles. The monoisotopic (exact) mass is 248 g/mol. The predicted molar refractivity (Wildman–Crippen MR) is 71.3 cm³/mol. The predicted octanol–water partition coefficient (Wildman–Crippen LogP) is 3.51. The summed E-state index contributed by atoms with van der Waals surface area (Å²) >= 11 is 0. The molecule has 2 heteroatoms. The Morgan fingerprint density at radius 3 is 2.78 bits per heavy atom. The lowest BCUT2D eigenvalue weighted by Gasteiger charge is -2.33. The van der Waals surface area contributed by atoms with Crippen LogP contribution in [0, 0.1) is 17.3 Å². The van der Waals surface area contributed by atoms with Gasteiger partial charge in [-0.05, 0) is 69.3 Å². The van der Waals surface area contributed by atoms with E-state index >= 15 is 0 Å². The van der Waals surface area contributed by atoms with Crippen molar-refractivity contribution in [1.29, 1.82) is 0 Å². The van der Waals surface area contributed by atoms with Gasteiger partial charge in [0.25, 0.3) is 0 Å². The van der Waals surface area contributed by atoms with Gasteiger partial charge >= 0.3 is 0 Å². The number of carbonyl (C=O) groups is 1. The second-order valence-corrected chi connectivity index (χ2v) is 7.11. The zero-order valence-corrected chi connectivity index (χ0v) is 11.7. The van der Waals surface area contributed by atoms with Crippen LogP contribution in [-0.2, 0) is 9.53 Å². The Morgan fingerprint density at radius 2 is 2.06 bits per heavy atom. The van der Waals surface area contributed by atoms with Crippen molar-refractivity contribution in [3.8, 4) is 0 Å². The van der Waals surface area contributed by atoms with Crippen molar-refractivity contribution in [3.63, 3.8) is 0 Å². The molecule has 1 saturated heterocycles. The summed E-state index contributed by atoms with van der Waals surface area (Å²) in [6.45, 7) is 6.85. The second-order valence-electron chi connectivity index (χ2n) is 7.11. The van der Waals surface area contributed by atoms with Crippen molar-refractivity contribution in [2.45, 2.75) is 64.6 Å². The maximum absolute atomic E-state index is 10.7. The van der Waals surface area contributed by atoms with Gasteiger partial charge in [0.05, 0.1) is 11.7 Å². The van der Waals surface area contributed by atoms with Crippen LogP contribution in [-0.4, -0.2) is 18.0 Å². The van der Waals surface area contributed by atoms with Gasteiger partial charge in [-0.15, -0.1) is 0 Å². The van der Waals surface area contributed by atoms with Crippen molar-refractivity contribution >= 4 is 6.29 Å². The van der Waals surface area contributed by atoms with Crippen molar-refractivity contribution < 1.29 is 9.53 Å². The molecule has 0 spiro atoms. The minimum absolute atomic E-state index is 0.181. The van der Waals surface area contributed by atoms with Crippen LogP contribution in [0.25, 0.3) is 0 Å². The fourth-order valence-corrected chi connectivity index (χ4v) is 4.57. The molecule has 0 amide bonds. The van der Waals surface area contributed by atoms with E-state index in [4.69, 9.17) is 4.74 Å². The first-order chi connectivity index (χ1) is 8.48. The molecular weight excluding hydrogens is 224 g/mol. The van der Waals surface area contributed by atoms with E-state index in [0.29, 0.717) is 17.4 Å². The van der Waals surface area contributed by atoms with Gasteiger partial charge < -0.3 is 4.74 Å². The molecule has 0 aromatic rings. The Bertz CT molecular complexity index is 400. The number of hydrogen-bond acceptors (Lipinski definition) is 2. The molecule has 0 radical (unpaired) electrons. The van der Waals surface area contributed by atoms with E-state index in [0.717, 1.165) is 12.2 Å². The molecule has 2 aliphatic carbocycles. The van der Waals surface area contributed by atoms with Gasteiger partial charge in [-0.25, -0.2) is 0 Å². The third-order valence-corrected chi connectivity index (χ3v) is 5.96. The molecule has 0 bridgehead atoms. The highest BCUT2D eigenvalue weighted by Gasteiger charge is 2.60. The molecule has 0 aromatic heterocycles. The first-order valence-electron chi connectivity index (χ1n) is 7.28. The number of carbonyl (C=O) groups excluding carboxylic acids is 1. The Morgan fingerprint density at radius 1 is 1.28 bits per heavy atom. The fraction of sp³-hybridized carbons (Fsp3) is 0.812. The summed E-state index contributed by atoms with van der Waals surface area (Å²) in [5, 5.41) is 0. The highest BCUT2D eigenvalue weighted by Crippen LogP contribution is 2.61. The summed E-state index contributed by atoms with van der Waals surface area (Å²) in [5.74, 6) is 1.38. The first kappa shape index (κ1) is 12.4. The Balaban J connectivity index is 1.83. The summed E-state index contributed by atoms with van der Waals surface area (Å²) in [6, 6.07) is 0. The molecular formula is C16H24O2. The van der Waals surface area contributed by atoms with E-state index in [-0.39, 0.29) is 5.60 Å². The third kappa shape index (κ3) is 1.77. The average Bonchev–Trinajstić information content (AvgIpc) is 2.81. The minimum atomic E-state index is 0.181. The van der Waals surface area contributed by atoms with E-state index in [1.54, 1.807) is 6.08 Å². The molecule has 18 heavy (non-hydrogen) atoms. The lowest BCUT2D eigenvalue weighted by molar-refractivity contribution is -0.104. The van der Waals surface area contributed by atoms with E-state index in [1.165, 1.54) is 37.7 Å². The lowest BCUT2D eigenvalue weighted by Crippen LogP contribution is -2.26. The van der Waals surface area contributed by atoms with Crippen LogP contribution < -0.4 is 0 Å². The molecule has 1 aliphatic heterocycles. The van der Waals surface area contributed by atoms with Crippen molar-refractivity contribution in [2.75, 3.05) is 0 Å². The topological polar surface area (TPSA) is 29.6 Å². The van der Waals surface area contributed by atoms with E-state index in [1.807, 2.05) is 0 Å². The van der Waals surface area contributed by atoms with Gasteiger partial charge in [-0.1, -0.05) is 12.5 Å². The van der Waals surface area contributed by atoms with Gasteiger partial charge in [0.2, 0.25) is 0 Å². The molecule has 5 atom stereocenters. The quantitative estimate of drug-likeness (QED) is 0.425. The van der Waals surface area contributed by atoms with E-state index in [9.17, 15) is 4.79 Å². The number of aldehydes is 1. The standard InChI is InChI=1S/C16H24O2/c1-11(6-9-17)12-4-7-15(2)10-14-16(3,18-14)8-5-13(12)15/h6,9,12-14H,4-5,7-8,10H2,1-3H3/b11-6-/t12-,13-,14-,15+,16+/m1/s1. The third-order valence-electron chi connectivity index (χ3n) is 5.96. The zero-order chi connectivity index (χ0) is 13.0. The molecule has 2 saturated carbocycles. The average molecular weight is 248 g/mol. The summed E-state index contributed by atoms with van der Waals surface area (Å²) in [4.78, 5) is 10.7. The maximum atomic E-state index is 10.7. The zero-order valence-electron chi connectivity index (χ0n) is 11.7. The van der Waals surface area contributed by atoms with E-state index < -0.39 is 0 Å². The van der Waals surface area contributed by atoms with Crippen LogP contribution in [0.3, 0.4) is 0 Å². The smallest absolute Gasteiger partial charge is 0.142 e. The molecule has 0 N–H and O–H groups in total. The molecule has 0 unspecified atom stereocenters. The molecule has 0 aromatic carbocycles. The largest absolute Gasteiger partial charge is 0.366 e. The number of fused-ring (bicyclic) bond motifs is 2. The summed E-state index contributed by atoms with van der Waals surface area (Å²) < 4.78 is 5.89. The van der Waals surface area contributed by atoms with Crippen LogP contribution >= 0.6 is 0 Å². The highest BCUT2D eigenvalue weighted by atomic mass is 16.6. The van der Waals surface area contributed by atoms with Gasteiger partial charge in [0, 0.05) is 0 Å². The summed E-state index contributed by atoms with van der Waals surface area (Å²) in [6.07, 6.45) is 9.45. The lowest BCUT2D eigenvalue weighted by atomic mass is 9.72. The van der Waals surface area contributed by atoms with Crippen LogP contribution in [0.2, 0.25) is 0 Å². The number of hydrogen-bond donors (Lipinski definition) is 0. The van der Waals surface area contributed by atoms with Crippen molar-refractivity contribution in [1.82, 2.24) is 0 Å². The first-order valence-corrected chi connectivity index (χ1v) is 7.28.